The summed E-state index contributed by atoms with van der Waals surface area (Å²) in [6, 6.07) is 1.69. The topological polar surface area (TPSA) is 55.6 Å². The van der Waals surface area contributed by atoms with Crippen LogP contribution in [0.5, 0.6) is 0 Å². The van der Waals surface area contributed by atoms with E-state index >= 15 is 0 Å². The van der Waals surface area contributed by atoms with Crippen molar-refractivity contribution in [3.8, 4) is 0 Å². The van der Waals surface area contributed by atoms with Gasteiger partial charge in [-0.05, 0) is 25.8 Å². The first-order chi connectivity index (χ1) is 9.36. The maximum Gasteiger partial charge on any atom is 0.257 e. The lowest BCUT2D eigenvalue weighted by Crippen LogP contribution is -2.49. The Hall–Kier alpha value is -1.69. The first-order valence-corrected chi connectivity index (χ1v) is 6.45. The van der Waals surface area contributed by atoms with E-state index < -0.39 is 23.1 Å². The van der Waals surface area contributed by atoms with Crippen LogP contribution >= 0.6 is 0 Å². The SMILES string of the molecule is COC1(C)CCCN(C(=O)c2cc(N)c(F)cc2F)C1. The van der Waals surface area contributed by atoms with Gasteiger partial charge in [-0.2, -0.15) is 0 Å². The van der Waals surface area contributed by atoms with E-state index in [0.29, 0.717) is 19.2 Å². The average Bonchev–Trinajstić information content (AvgIpc) is 2.42. The predicted molar refractivity (Wildman–Crippen MR) is 71.3 cm³/mol. The maximum absolute atomic E-state index is 13.7. The van der Waals surface area contributed by atoms with Crippen LogP contribution in [0.3, 0.4) is 0 Å². The fourth-order valence-electron chi connectivity index (χ4n) is 2.45. The fourth-order valence-corrected chi connectivity index (χ4v) is 2.45. The number of carbonyl (C=O) groups is 1. The van der Waals surface area contributed by atoms with Crippen LogP contribution in [0.15, 0.2) is 12.1 Å². The van der Waals surface area contributed by atoms with E-state index in [0.717, 1.165) is 18.9 Å². The molecule has 0 saturated carbocycles. The Morgan fingerprint density at radius 2 is 2.10 bits per heavy atom. The number of nitrogens with two attached hydrogens (primary N) is 1. The molecule has 1 aliphatic rings. The summed E-state index contributed by atoms with van der Waals surface area (Å²) in [5.41, 5.74) is 4.53. The molecule has 1 aromatic carbocycles. The molecule has 2 rings (SSSR count). The molecule has 0 radical (unpaired) electrons. The van der Waals surface area contributed by atoms with Crippen molar-refractivity contribution in [2.24, 2.45) is 0 Å². The summed E-state index contributed by atoms with van der Waals surface area (Å²) in [4.78, 5) is 13.9. The largest absolute Gasteiger partial charge is 0.396 e. The lowest BCUT2D eigenvalue weighted by Gasteiger charge is -2.39. The number of nitrogen functional groups attached to an aromatic ring is 1. The highest BCUT2D eigenvalue weighted by Gasteiger charge is 2.34. The summed E-state index contributed by atoms with van der Waals surface area (Å²) in [5.74, 6) is -2.25. The Labute approximate surface area is 116 Å². The van der Waals surface area contributed by atoms with Gasteiger partial charge < -0.3 is 15.4 Å². The highest BCUT2D eigenvalue weighted by molar-refractivity contribution is 5.95. The summed E-state index contributed by atoms with van der Waals surface area (Å²) >= 11 is 0. The van der Waals surface area contributed by atoms with E-state index in [9.17, 15) is 13.6 Å². The highest BCUT2D eigenvalue weighted by Crippen LogP contribution is 2.26. The van der Waals surface area contributed by atoms with Crippen molar-refractivity contribution in [3.05, 3.63) is 29.3 Å². The van der Waals surface area contributed by atoms with Gasteiger partial charge in [0.25, 0.3) is 5.91 Å². The molecule has 110 valence electrons. The monoisotopic (exact) mass is 284 g/mol. The van der Waals surface area contributed by atoms with E-state index in [1.54, 1.807) is 7.11 Å². The number of nitrogens with zero attached hydrogens (tertiary/aromatic N) is 1. The Kier molecular flexibility index (Phi) is 3.94. The number of anilines is 1. The summed E-state index contributed by atoms with van der Waals surface area (Å²) in [5, 5.41) is 0. The summed E-state index contributed by atoms with van der Waals surface area (Å²) in [6.07, 6.45) is 1.61. The number of benzene rings is 1. The Morgan fingerprint density at radius 1 is 1.40 bits per heavy atom. The smallest absolute Gasteiger partial charge is 0.257 e. The van der Waals surface area contributed by atoms with E-state index in [-0.39, 0.29) is 11.3 Å². The molecule has 1 heterocycles. The van der Waals surface area contributed by atoms with Crippen LogP contribution in [0.25, 0.3) is 0 Å². The van der Waals surface area contributed by atoms with Crippen molar-refractivity contribution in [3.63, 3.8) is 0 Å². The van der Waals surface area contributed by atoms with E-state index in [2.05, 4.69) is 0 Å². The van der Waals surface area contributed by atoms with Crippen molar-refractivity contribution in [2.45, 2.75) is 25.4 Å². The number of halogens is 2. The predicted octanol–water partition coefficient (Wildman–Crippen LogP) is 2.19. The second kappa shape index (κ2) is 5.36. The molecule has 0 aliphatic carbocycles. The van der Waals surface area contributed by atoms with Gasteiger partial charge in [0.15, 0.2) is 0 Å². The van der Waals surface area contributed by atoms with Gasteiger partial charge in [0.1, 0.15) is 11.6 Å². The van der Waals surface area contributed by atoms with E-state index in [1.807, 2.05) is 6.92 Å². The van der Waals surface area contributed by atoms with E-state index in [4.69, 9.17) is 10.5 Å². The van der Waals surface area contributed by atoms with Gasteiger partial charge in [-0.15, -0.1) is 0 Å². The van der Waals surface area contributed by atoms with Crippen molar-refractivity contribution >= 4 is 11.6 Å². The van der Waals surface area contributed by atoms with Crippen LogP contribution in [0.1, 0.15) is 30.1 Å². The summed E-state index contributed by atoms with van der Waals surface area (Å²) < 4.78 is 32.3. The van der Waals surface area contributed by atoms with Crippen LogP contribution in [0.4, 0.5) is 14.5 Å². The molecule has 1 saturated heterocycles. The van der Waals surface area contributed by atoms with Gasteiger partial charge >= 0.3 is 0 Å². The minimum absolute atomic E-state index is 0.204. The van der Waals surface area contributed by atoms with Crippen molar-refractivity contribution < 1.29 is 18.3 Å². The van der Waals surface area contributed by atoms with Gasteiger partial charge in [-0.1, -0.05) is 0 Å². The van der Waals surface area contributed by atoms with Crippen LogP contribution in [-0.4, -0.2) is 36.6 Å². The molecule has 1 atom stereocenters. The van der Waals surface area contributed by atoms with Crippen LogP contribution in [-0.2, 0) is 4.74 Å². The number of methoxy groups -OCH3 is 1. The van der Waals surface area contributed by atoms with Gasteiger partial charge in [0.05, 0.1) is 16.9 Å². The summed E-state index contributed by atoms with van der Waals surface area (Å²) in [7, 11) is 1.59. The Morgan fingerprint density at radius 3 is 2.75 bits per heavy atom. The number of hydrogen-bond acceptors (Lipinski definition) is 3. The number of piperidine rings is 1. The summed E-state index contributed by atoms with van der Waals surface area (Å²) in [6.45, 7) is 2.80. The fraction of sp³-hybridized carbons (Fsp3) is 0.500. The van der Waals surface area contributed by atoms with Crippen LogP contribution < -0.4 is 5.73 Å². The third-order valence-corrected chi connectivity index (χ3v) is 3.76. The second-order valence-electron chi connectivity index (χ2n) is 5.34. The minimum Gasteiger partial charge on any atom is -0.396 e. The number of rotatable bonds is 2. The number of amides is 1. The van der Waals surface area contributed by atoms with Gasteiger partial charge in [0.2, 0.25) is 0 Å². The Balaban J connectivity index is 2.25. The first kappa shape index (κ1) is 14.7. The second-order valence-corrected chi connectivity index (χ2v) is 5.34. The van der Waals surface area contributed by atoms with E-state index in [1.165, 1.54) is 4.90 Å². The molecule has 6 heteroatoms. The molecule has 1 aliphatic heterocycles. The molecule has 1 unspecified atom stereocenters. The molecule has 0 spiro atoms. The average molecular weight is 284 g/mol. The molecule has 1 amide bonds. The Bertz CT molecular complexity index is 536. The van der Waals surface area contributed by atoms with Gasteiger partial charge in [-0.3, -0.25) is 4.79 Å². The lowest BCUT2D eigenvalue weighted by atomic mass is 9.94. The zero-order valence-electron chi connectivity index (χ0n) is 11.6. The number of carbonyl (C=O) groups excluding carboxylic acids is 1. The standard InChI is InChI=1S/C14H18F2N2O2/c1-14(20-2)4-3-5-18(8-14)13(19)9-6-12(17)11(16)7-10(9)15/h6-7H,3-5,8,17H2,1-2H3. The molecule has 2 N–H and O–H groups in total. The highest BCUT2D eigenvalue weighted by atomic mass is 19.1. The van der Waals surface area contributed by atoms with Crippen molar-refractivity contribution in [1.29, 1.82) is 0 Å². The lowest BCUT2D eigenvalue weighted by molar-refractivity contribution is -0.0441. The number of ether oxygens (including phenoxy) is 1. The van der Waals surface area contributed by atoms with Crippen molar-refractivity contribution in [2.75, 3.05) is 25.9 Å². The normalized spacial score (nSPS) is 22.9. The minimum atomic E-state index is -0.897. The van der Waals surface area contributed by atoms with Gasteiger partial charge in [0, 0.05) is 26.3 Å². The molecule has 0 aromatic heterocycles. The van der Waals surface area contributed by atoms with Gasteiger partial charge in [-0.25, -0.2) is 8.78 Å². The first-order valence-electron chi connectivity index (χ1n) is 6.45. The zero-order valence-corrected chi connectivity index (χ0v) is 11.6. The number of likely N-dealkylation sites (tertiary alicyclic amines) is 1. The zero-order chi connectivity index (χ0) is 14.9. The molecule has 1 fully saturated rings. The number of hydrogen-bond donors (Lipinski definition) is 1. The molecular formula is C14H18F2N2O2. The van der Waals surface area contributed by atoms with Crippen molar-refractivity contribution in [1.82, 2.24) is 4.90 Å². The molecular weight excluding hydrogens is 266 g/mol. The molecule has 20 heavy (non-hydrogen) atoms. The molecule has 4 nitrogen and oxygen atoms in total. The quantitative estimate of drug-likeness (QED) is 0.847. The maximum atomic E-state index is 13.7. The third kappa shape index (κ3) is 2.75. The van der Waals surface area contributed by atoms with Crippen LogP contribution in [0, 0.1) is 11.6 Å². The van der Waals surface area contributed by atoms with Crippen LogP contribution in [0.2, 0.25) is 0 Å². The third-order valence-electron chi connectivity index (χ3n) is 3.76. The molecule has 1 aromatic rings. The molecule has 0 bridgehead atoms.